The quantitative estimate of drug-likeness (QED) is 0.214. The van der Waals surface area contributed by atoms with Crippen LogP contribution in [0.4, 0.5) is 4.79 Å². The van der Waals surface area contributed by atoms with Gasteiger partial charge < -0.3 is 15.2 Å². The van der Waals surface area contributed by atoms with E-state index in [4.69, 9.17) is 16.3 Å². The van der Waals surface area contributed by atoms with Gasteiger partial charge in [-0.1, -0.05) is 0 Å². The van der Waals surface area contributed by atoms with Crippen molar-refractivity contribution in [3.05, 3.63) is 0 Å². The molecular weight excluding hydrogens is 164 g/mol. The molecule has 72 valence electrons. The number of carbonyl (C=O) groups excluding carboxylic acids is 1. The third-order valence-electron chi connectivity index (χ3n) is 0.897. The molecule has 0 atom stereocenters. The second-order valence-electron chi connectivity index (χ2n) is 1.81. The van der Waals surface area contributed by atoms with Crippen molar-refractivity contribution in [2.24, 2.45) is 11.6 Å². The molecule has 0 unspecified atom stereocenters. The SMILES string of the molecule is NCCOCCOC(=O)NNN. The number of carbonyl (C=O) groups is 1. The van der Waals surface area contributed by atoms with E-state index in [0.29, 0.717) is 19.8 Å². The zero-order chi connectivity index (χ0) is 9.23. The van der Waals surface area contributed by atoms with Crippen LogP contribution in [0.3, 0.4) is 0 Å². The molecular formula is C5H14N4O3. The Labute approximate surface area is 70.3 Å². The van der Waals surface area contributed by atoms with Crippen molar-refractivity contribution < 1.29 is 14.3 Å². The topological polar surface area (TPSA) is 112 Å². The van der Waals surface area contributed by atoms with Crippen LogP contribution in [-0.2, 0) is 9.47 Å². The van der Waals surface area contributed by atoms with E-state index >= 15 is 0 Å². The molecule has 0 fully saturated rings. The van der Waals surface area contributed by atoms with Gasteiger partial charge in [0.25, 0.3) is 0 Å². The lowest BCUT2D eigenvalue weighted by Gasteiger charge is -2.05. The monoisotopic (exact) mass is 178 g/mol. The largest absolute Gasteiger partial charge is 0.446 e. The Kier molecular flexibility index (Phi) is 7.60. The second-order valence-corrected chi connectivity index (χ2v) is 1.81. The van der Waals surface area contributed by atoms with Crippen LogP contribution in [0.2, 0.25) is 0 Å². The van der Waals surface area contributed by atoms with Crippen LogP contribution >= 0.6 is 0 Å². The first-order valence-corrected chi connectivity index (χ1v) is 3.47. The highest BCUT2D eigenvalue weighted by Crippen LogP contribution is 1.77. The fourth-order valence-corrected chi connectivity index (χ4v) is 0.474. The lowest BCUT2D eigenvalue weighted by Crippen LogP contribution is -2.42. The first-order valence-electron chi connectivity index (χ1n) is 3.47. The van der Waals surface area contributed by atoms with Crippen LogP contribution in [0.1, 0.15) is 0 Å². The number of hydrogen-bond acceptors (Lipinski definition) is 6. The van der Waals surface area contributed by atoms with Crippen molar-refractivity contribution in [3.63, 3.8) is 0 Å². The van der Waals surface area contributed by atoms with Crippen LogP contribution in [0, 0.1) is 0 Å². The van der Waals surface area contributed by atoms with E-state index in [9.17, 15) is 4.79 Å². The summed E-state index contributed by atoms with van der Waals surface area (Å²) in [5.41, 5.74) is 9.10. The minimum Gasteiger partial charge on any atom is -0.446 e. The molecule has 7 nitrogen and oxygen atoms in total. The Morgan fingerprint density at radius 1 is 1.33 bits per heavy atom. The second kappa shape index (κ2) is 8.21. The van der Waals surface area contributed by atoms with Crippen molar-refractivity contribution >= 4 is 6.09 Å². The normalized spacial score (nSPS) is 9.50. The Balaban J connectivity index is 3.03. The maximum Gasteiger partial charge on any atom is 0.422 e. The predicted octanol–water partition coefficient (Wildman–Crippen LogP) is -1.93. The Hall–Kier alpha value is -0.890. The van der Waals surface area contributed by atoms with Gasteiger partial charge in [0, 0.05) is 6.54 Å². The van der Waals surface area contributed by atoms with Gasteiger partial charge in [-0.25, -0.2) is 10.2 Å². The minimum absolute atomic E-state index is 0.174. The van der Waals surface area contributed by atoms with E-state index in [1.165, 1.54) is 0 Å². The molecule has 1 amide bonds. The fraction of sp³-hybridized carbons (Fsp3) is 0.800. The van der Waals surface area contributed by atoms with Gasteiger partial charge in [0.05, 0.1) is 13.2 Å². The summed E-state index contributed by atoms with van der Waals surface area (Å²) >= 11 is 0. The number of ether oxygens (including phenoxy) is 2. The maximum absolute atomic E-state index is 10.5. The molecule has 0 aromatic rings. The van der Waals surface area contributed by atoms with E-state index in [1.807, 2.05) is 11.0 Å². The van der Waals surface area contributed by atoms with Gasteiger partial charge in [-0.15, -0.1) is 0 Å². The number of rotatable bonds is 6. The summed E-state index contributed by atoms with van der Waals surface area (Å²) in [7, 11) is 0. The molecule has 0 aliphatic carbocycles. The summed E-state index contributed by atoms with van der Waals surface area (Å²) in [5.74, 6) is 4.77. The Bertz CT molecular complexity index is 121. The van der Waals surface area contributed by atoms with Crippen molar-refractivity contribution in [1.29, 1.82) is 0 Å². The summed E-state index contributed by atoms with van der Waals surface area (Å²) in [6.45, 7) is 1.42. The average molecular weight is 178 g/mol. The third kappa shape index (κ3) is 7.22. The van der Waals surface area contributed by atoms with Gasteiger partial charge in [0.15, 0.2) is 0 Å². The zero-order valence-electron chi connectivity index (χ0n) is 6.71. The molecule has 0 radical (unpaired) electrons. The van der Waals surface area contributed by atoms with E-state index in [2.05, 4.69) is 4.74 Å². The molecule has 0 saturated heterocycles. The molecule has 0 aromatic heterocycles. The van der Waals surface area contributed by atoms with E-state index in [0.717, 1.165) is 0 Å². The van der Waals surface area contributed by atoms with Crippen LogP contribution in [0.15, 0.2) is 0 Å². The minimum atomic E-state index is -0.645. The van der Waals surface area contributed by atoms with Crippen LogP contribution in [-0.4, -0.2) is 32.5 Å². The highest BCUT2D eigenvalue weighted by atomic mass is 16.6. The predicted molar refractivity (Wildman–Crippen MR) is 41.7 cm³/mol. The maximum atomic E-state index is 10.5. The smallest absolute Gasteiger partial charge is 0.422 e. The summed E-state index contributed by atoms with van der Waals surface area (Å²) in [5, 5.41) is 0. The van der Waals surface area contributed by atoms with Gasteiger partial charge in [-0.05, 0) is 0 Å². The molecule has 0 heterocycles. The number of nitrogens with one attached hydrogen (secondary N) is 2. The fourth-order valence-electron chi connectivity index (χ4n) is 0.474. The Morgan fingerprint density at radius 3 is 2.67 bits per heavy atom. The van der Waals surface area contributed by atoms with Crippen molar-refractivity contribution in [1.82, 2.24) is 11.0 Å². The summed E-state index contributed by atoms with van der Waals surface area (Å²) in [6.07, 6.45) is -0.645. The van der Waals surface area contributed by atoms with Crippen molar-refractivity contribution in [2.75, 3.05) is 26.4 Å². The highest BCUT2D eigenvalue weighted by Gasteiger charge is 1.97. The lowest BCUT2D eigenvalue weighted by molar-refractivity contribution is 0.0746. The number of hydrogen-bond donors (Lipinski definition) is 4. The van der Waals surface area contributed by atoms with E-state index in [1.54, 1.807) is 0 Å². The standard InChI is InChI=1S/C5H14N4O3/c6-1-2-11-3-4-12-5(10)8-9-7/h9H,1-4,6-7H2,(H,8,10). The van der Waals surface area contributed by atoms with Gasteiger partial charge in [-0.3, -0.25) is 5.84 Å². The average Bonchev–Trinajstić information content (AvgIpc) is 2.05. The van der Waals surface area contributed by atoms with Crippen LogP contribution in [0.5, 0.6) is 0 Å². The molecule has 0 spiro atoms. The Morgan fingerprint density at radius 2 is 2.08 bits per heavy atom. The number of amides is 1. The molecule has 0 bridgehead atoms. The first-order chi connectivity index (χ1) is 5.81. The summed E-state index contributed by atoms with van der Waals surface area (Å²) < 4.78 is 9.50. The number of nitrogens with two attached hydrogens (primary N) is 2. The van der Waals surface area contributed by atoms with Gasteiger partial charge >= 0.3 is 6.09 Å². The lowest BCUT2D eigenvalue weighted by atomic mass is 10.7. The van der Waals surface area contributed by atoms with Crippen molar-refractivity contribution in [3.8, 4) is 0 Å². The van der Waals surface area contributed by atoms with Crippen LogP contribution < -0.4 is 22.5 Å². The molecule has 0 aromatic carbocycles. The number of hydrazine groups is 2. The molecule has 6 N–H and O–H groups in total. The summed E-state index contributed by atoms with van der Waals surface area (Å²) in [4.78, 5) is 10.5. The molecule has 7 heteroatoms. The third-order valence-corrected chi connectivity index (χ3v) is 0.897. The molecule has 0 aliphatic heterocycles. The zero-order valence-corrected chi connectivity index (χ0v) is 6.71. The molecule has 0 saturated carbocycles. The molecule has 12 heavy (non-hydrogen) atoms. The van der Waals surface area contributed by atoms with Crippen molar-refractivity contribution in [2.45, 2.75) is 0 Å². The molecule has 0 aliphatic rings. The summed E-state index contributed by atoms with van der Waals surface area (Å²) in [6, 6.07) is 0. The van der Waals surface area contributed by atoms with Crippen LogP contribution in [0.25, 0.3) is 0 Å². The highest BCUT2D eigenvalue weighted by molar-refractivity contribution is 5.66. The first kappa shape index (κ1) is 11.1. The van der Waals surface area contributed by atoms with Gasteiger partial charge in [0.2, 0.25) is 0 Å². The van der Waals surface area contributed by atoms with E-state index < -0.39 is 6.09 Å². The van der Waals surface area contributed by atoms with Gasteiger partial charge in [-0.2, -0.15) is 5.53 Å². The van der Waals surface area contributed by atoms with Gasteiger partial charge in [0.1, 0.15) is 6.61 Å². The van der Waals surface area contributed by atoms with E-state index in [-0.39, 0.29) is 6.61 Å². The molecule has 0 rings (SSSR count).